The summed E-state index contributed by atoms with van der Waals surface area (Å²) in [6.45, 7) is 8.16. The van der Waals surface area contributed by atoms with Gasteiger partial charge in [-0.3, -0.25) is 14.5 Å². The number of rotatable bonds is 14. The van der Waals surface area contributed by atoms with Crippen molar-refractivity contribution in [2.24, 2.45) is 5.92 Å². The zero-order valence-electron chi connectivity index (χ0n) is 28.6. The van der Waals surface area contributed by atoms with Crippen molar-refractivity contribution in [3.8, 4) is 11.1 Å². The molecule has 3 aliphatic heterocycles. The summed E-state index contributed by atoms with van der Waals surface area (Å²) < 4.78 is 13.7. The second-order valence-electron chi connectivity index (χ2n) is 14.0. The highest BCUT2D eigenvalue weighted by Crippen LogP contribution is 2.43. The standard InChI is InChI=1S/C40H51N3O6/c1-28-36(26-43-21-7-12-35(43)25-42-19-2-3-20-42)48-40(49-39(28)31-17-15-29(27-44)16-18-31)34-11-5-10-33(23-34)32-9-4-8-30(22-32)24-41-37(45)13-6-14-38(46)47/h4-5,8-11,15-18,22-23,28,35-36,39-40,44H,2-3,6-7,12-14,19-21,24-27H2,1H3,(H,41,45)(H,46,47). The Labute approximate surface area is 290 Å². The van der Waals surface area contributed by atoms with E-state index in [1.807, 2.05) is 30.3 Å². The summed E-state index contributed by atoms with van der Waals surface area (Å²) in [5.41, 5.74) is 5.95. The number of nitrogens with zero attached hydrogens (tertiary/aromatic N) is 2. The molecule has 49 heavy (non-hydrogen) atoms. The van der Waals surface area contributed by atoms with Crippen LogP contribution in [0, 0.1) is 5.92 Å². The van der Waals surface area contributed by atoms with Crippen LogP contribution in [-0.2, 0) is 32.2 Å². The Morgan fingerprint density at radius 1 is 0.837 bits per heavy atom. The summed E-state index contributed by atoms with van der Waals surface area (Å²) in [6.07, 6.45) is 4.85. The van der Waals surface area contributed by atoms with Crippen LogP contribution in [0.4, 0.5) is 0 Å². The van der Waals surface area contributed by atoms with Crippen molar-refractivity contribution in [3.63, 3.8) is 0 Å². The van der Waals surface area contributed by atoms with Gasteiger partial charge in [-0.2, -0.15) is 0 Å². The number of nitrogens with one attached hydrogen (secondary N) is 1. The van der Waals surface area contributed by atoms with E-state index in [0.29, 0.717) is 19.0 Å². The Kier molecular flexibility index (Phi) is 12.1. The molecule has 3 aromatic carbocycles. The van der Waals surface area contributed by atoms with E-state index in [0.717, 1.165) is 53.0 Å². The third kappa shape index (κ3) is 9.35. The maximum Gasteiger partial charge on any atom is 0.303 e. The highest BCUT2D eigenvalue weighted by molar-refractivity contribution is 5.76. The van der Waals surface area contributed by atoms with Crippen molar-refractivity contribution in [3.05, 3.63) is 95.1 Å². The first-order valence-electron chi connectivity index (χ1n) is 18.0. The minimum atomic E-state index is -0.892. The first-order valence-corrected chi connectivity index (χ1v) is 18.0. The number of carbonyl (C=O) groups excluding carboxylic acids is 1. The second kappa shape index (κ2) is 16.9. The lowest BCUT2D eigenvalue weighted by molar-refractivity contribution is -0.276. The van der Waals surface area contributed by atoms with Crippen molar-refractivity contribution in [2.75, 3.05) is 32.7 Å². The Bertz CT molecular complexity index is 1540. The van der Waals surface area contributed by atoms with Gasteiger partial charge >= 0.3 is 5.97 Å². The zero-order chi connectivity index (χ0) is 34.2. The van der Waals surface area contributed by atoms with Crippen LogP contribution >= 0.6 is 0 Å². The Morgan fingerprint density at radius 3 is 2.35 bits per heavy atom. The third-order valence-electron chi connectivity index (χ3n) is 10.4. The monoisotopic (exact) mass is 669 g/mol. The van der Waals surface area contributed by atoms with Gasteiger partial charge < -0.3 is 29.9 Å². The predicted molar refractivity (Wildman–Crippen MR) is 188 cm³/mol. The molecular weight excluding hydrogens is 618 g/mol. The first-order chi connectivity index (χ1) is 23.9. The van der Waals surface area contributed by atoms with Crippen LogP contribution < -0.4 is 5.32 Å². The number of hydrogen-bond donors (Lipinski definition) is 3. The number of amides is 1. The summed E-state index contributed by atoms with van der Waals surface area (Å²) in [5, 5.41) is 21.4. The lowest BCUT2D eigenvalue weighted by atomic mass is 9.89. The summed E-state index contributed by atoms with van der Waals surface area (Å²) in [7, 11) is 0. The number of hydrogen-bond acceptors (Lipinski definition) is 7. The minimum Gasteiger partial charge on any atom is -0.481 e. The SMILES string of the molecule is CC1C(CN2CCCC2CN2CCCC2)OC(c2cccc(-c3cccc(CNC(=O)CCCC(=O)O)c3)c2)OC1c1ccc(CO)cc1. The number of carboxylic acid groups (broad SMARTS) is 1. The van der Waals surface area contributed by atoms with Crippen LogP contribution in [0.25, 0.3) is 11.1 Å². The fraction of sp³-hybridized carbons (Fsp3) is 0.500. The molecule has 0 bridgehead atoms. The lowest BCUT2D eigenvalue weighted by Gasteiger charge is -2.43. The molecular formula is C40H51N3O6. The van der Waals surface area contributed by atoms with E-state index in [1.54, 1.807) is 0 Å². The van der Waals surface area contributed by atoms with Crippen molar-refractivity contribution in [2.45, 2.75) is 89.6 Å². The van der Waals surface area contributed by atoms with Crippen LogP contribution in [0.3, 0.4) is 0 Å². The van der Waals surface area contributed by atoms with Gasteiger partial charge in [0.2, 0.25) is 5.91 Å². The van der Waals surface area contributed by atoms with E-state index in [1.165, 1.54) is 38.8 Å². The molecule has 3 fully saturated rings. The van der Waals surface area contributed by atoms with Gasteiger partial charge in [-0.15, -0.1) is 0 Å². The molecule has 5 atom stereocenters. The van der Waals surface area contributed by atoms with Gasteiger partial charge in [-0.1, -0.05) is 67.6 Å². The van der Waals surface area contributed by atoms with E-state index >= 15 is 0 Å². The zero-order valence-corrected chi connectivity index (χ0v) is 28.6. The first kappa shape index (κ1) is 35.2. The van der Waals surface area contributed by atoms with Crippen molar-refractivity contribution < 1.29 is 29.3 Å². The number of aliphatic hydroxyl groups is 1. The van der Waals surface area contributed by atoms with E-state index in [4.69, 9.17) is 14.6 Å². The Balaban J connectivity index is 1.19. The average molecular weight is 670 g/mol. The van der Waals surface area contributed by atoms with Gasteiger partial charge in [-0.05, 0) is 91.7 Å². The fourth-order valence-corrected chi connectivity index (χ4v) is 7.58. The molecule has 3 heterocycles. The number of carbonyl (C=O) groups is 2. The van der Waals surface area contributed by atoms with Gasteiger partial charge in [0, 0.05) is 50.0 Å². The second-order valence-corrected chi connectivity index (χ2v) is 14.0. The highest BCUT2D eigenvalue weighted by atomic mass is 16.7. The number of aliphatic carboxylic acids is 1. The molecule has 0 radical (unpaired) electrons. The average Bonchev–Trinajstić information content (AvgIpc) is 3.81. The van der Waals surface area contributed by atoms with E-state index in [-0.39, 0.29) is 43.5 Å². The van der Waals surface area contributed by atoms with E-state index in [9.17, 15) is 14.7 Å². The maximum atomic E-state index is 12.2. The van der Waals surface area contributed by atoms with Gasteiger partial charge in [0.1, 0.15) is 0 Å². The minimum absolute atomic E-state index is 0.0102. The van der Waals surface area contributed by atoms with E-state index in [2.05, 4.69) is 64.5 Å². The molecule has 3 N–H and O–H groups in total. The molecule has 262 valence electrons. The fourth-order valence-electron chi connectivity index (χ4n) is 7.58. The summed E-state index contributed by atoms with van der Waals surface area (Å²) >= 11 is 0. The summed E-state index contributed by atoms with van der Waals surface area (Å²) in [4.78, 5) is 28.3. The quantitative estimate of drug-likeness (QED) is 0.190. The Morgan fingerprint density at radius 2 is 1.59 bits per heavy atom. The van der Waals surface area contributed by atoms with Gasteiger partial charge in [0.05, 0.1) is 18.8 Å². The molecule has 0 spiro atoms. The molecule has 3 saturated heterocycles. The molecule has 0 aromatic heterocycles. The molecule has 5 unspecified atom stereocenters. The smallest absolute Gasteiger partial charge is 0.303 e. The molecule has 3 aromatic rings. The van der Waals surface area contributed by atoms with Crippen molar-refractivity contribution >= 4 is 11.9 Å². The highest BCUT2D eigenvalue weighted by Gasteiger charge is 2.41. The molecule has 6 rings (SSSR count). The number of aliphatic hydroxyl groups excluding tert-OH is 1. The van der Waals surface area contributed by atoms with E-state index < -0.39 is 12.3 Å². The van der Waals surface area contributed by atoms with Crippen LogP contribution in [0.2, 0.25) is 0 Å². The molecule has 0 saturated carbocycles. The normalized spacial score (nSPS) is 24.7. The number of ether oxygens (including phenoxy) is 2. The lowest BCUT2D eigenvalue weighted by Crippen LogP contribution is -2.48. The number of likely N-dealkylation sites (tertiary alicyclic amines) is 2. The van der Waals surface area contributed by atoms with Crippen LogP contribution in [0.5, 0.6) is 0 Å². The van der Waals surface area contributed by atoms with Gasteiger partial charge in [0.25, 0.3) is 0 Å². The largest absolute Gasteiger partial charge is 0.481 e. The third-order valence-corrected chi connectivity index (χ3v) is 10.4. The molecule has 9 heteroatoms. The number of benzene rings is 3. The van der Waals surface area contributed by atoms with Crippen LogP contribution in [0.1, 0.15) is 86.5 Å². The maximum absolute atomic E-state index is 12.2. The summed E-state index contributed by atoms with van der Waals surface area (Å²) in [5.74, 6) is -0.915. The topological polar surface area (TPSA) is 112 Å². The van der Waals surface area contributed by atoms with Gasteiger partial charge in [0.15, 0.2) is 6.29 Å². The van der Waals surface area contributed by atoms with Crippen molar-refractivity contribution in [1.82, 2.24) is 15.1 Å². The Hall–Kier alpha value is -3.60. The molecule has 0 aliphatic carbocycles. The van der Waals surface area contributed by atoms with Crippen LogP contribution in [0.15, 0.2) is 72.8 Å². The summed E-state index contributed by atoms with van der Waals surface area (Å²) in [6, 6.07) is 25.1. The predicted octanol–water partition coefficient (Wildman–Crippen LogP) is 6.07. The molecule has 9 nitrogen and oxygen atoms in total. The van der Waals surface area contributed by atoms with Crippen molar-refractivity contribution in [1.29, 1.82) is 0 Å². The number of carboxylic acids is 1. The van der Waals surface area contributed by atoms with Gasteiger partial charge in [-0.25, -0.2) is 0 Å². The molecule has 1 amide bonds. The molecule has 3 aliphatic rings. The van der Waals surface area contributed by atoms with Crippen LogP contribution in [-0.4, -0.2) is 76.8 Å².